The third-order valence-corrected chi connectivity index (χ3v) is 6.68. The number of carbonyl (C=O) groups is 2. The number of unbranched alkanes of at least 4 members (excludes halogenated alkanes) is 5. The summed E-state index contributed by atoms with van der Waals surface area (Å²) in [6.45, 7) is 2.64. The lowest BCUT2D eigenvalue weighted by Gasteiger charge is -2.15. The Labute approximate surface area is 200 Å². The summed E-state index contributed by atoms with van der Waals surface area (Å²) in [5.74, 6) is 1.61. The maximum absolute atomic E-state index is 12.3. The normalized spacial score (nSPS) is 19.2. The van der Waals surface area contributed by atoms with E-state index < -0.39 is 0 Å². The van der Waals surface area contributed by atoms with E-state index in [1.807, 2.05) is 30.3 Å². The number of hydrogen-bond acceptors (Lipinski definition) is 4. The number of para-hydroxylation sites is 1. The third-order valence-electron chi connectivity index (χ3n) is 6.68. The molecule has 1 amide bonds. The number of ketones is 1. The summed E-state index contributed by atoms with van der Waals surface area (Å²) in [5.41, 5.74) is 0.978. The number of methoxy groups -OCH3 is 1. The van der Waals surface area contributed by atoms with Crippen LogP contribution in [0, 0.1) is 11.8 Å². The smallest absolute Gasteiger partial charge is 0.220 e. The second kappa shape index (κ2) is 15.7. The fourth-order valence-corrected chi connectivity index (χ4v) is 4.64. The lowest BCUT2D eigenvalue weighted by Crippen LogP contribution is -2.22. The molecule has 0 aromatic heterocycles. The molecular formula is C28H43NO4. The number of carbonyl (C=O) groups excluding carboxylic acids is 2. The van der Waals surface area contributed by atoms with Crippen LogP contribution in [0.15, 0.2) is 36.4 Å². The molecule has 0 bridgehead atoms. The van der Waals surface area contributed by atoms with Crippen LogP contribution < -0.4 is 10.1 Å². The van der Waals surface area contributed by atoms with E-state index in [2.05, 4.69) is 18.3 Å². The van der Waals surface area contributed by atoms with Gasteiger partial charge >= 0.3 is 0 Å². The highest BCUT2D eigenvalue weighted by Gasteiger charge is 2.32. The SMILES string of the molecule is CCCCC[C@H](O)C=C[C@@H]1CCC(=O)[C@@H]1CCCCCCC(=O)NCc1ccccc1OC. The highest BCUT2D eigenvalue weighted by molar-refractivity contribution is 5.83. The summed E-state index contributed by atoms with van der Waals surface area (Å²) in [6.07, 6.45) is 14.7. The molecule has 0 radical (unpaired) electrons. The van der Waals surface area contributed by atoms with Crippen molar-refractivity contribution in [2.75, 3.05) is 7.11 Å². The van der Waals surface area contributed by atoms with Crippen LogP contribution in [0.5, 0.6) is 5.75 Å². The van der Waals surface area contributed by atoms with E-state index in [4.69, 9.17) is 4.74 Å². The van der Waals surface area contributed by atoms with Gasteiger partial charge in [-0.3, -0.25) is 9.59 Å². The molecule has 0 aliphatic heterocycles. The molecule has 184 valence electrons. The van der Waals surface area contributed by atoms with Crippen molar-refractivity contribution in [1.29, 1.82) is 0 Å². The molecule has 5 nitrogen and oxygen atoms in total. The van der Waals surface area contributed by atoms with Crippen LogP contribution in [-0.2, 0) is 16.1 Å². The Kier molecular flexibility index (Phi) is 12.9. The topological polar surface area (TPSA) is 75.6 Å². The predicted molar refractivity (Wildman–Crippen MR) is 133 cm³/mol. The summed E-state index contributed by atoms with van der Waals surface area (Å²) >= 11 is 0. The van der Waals surface area contributed by atoms with E-state index >= 15 is 0 Å². The molecule has 1 fully saturated rings. The average molecular weight is 458 g/mol. The standard InChI is InChI=1S/C28H43NO4/c1-3-4-7-13-24(30)19-17-22-18-20-26(31)25(22)14-8-5-6-9-16-28(32)29-21-23-12-10-11-15-27(23)33-2/h10-12,15,17,19,22,24-25,30H,3-9,13-14,16,18,20-21H2,1-2H3,(H,29,32)/t22-,24+,25-/m1/s1. The van der Waals surface area contributed by atoms with Crippen molar-refractivity contribution < 1.29 is 19.4 Å². The number of aliphatic hydroxyl groups excluding tert-OH is 1. The summed E-state index contributed by atoms with van der Waals surface area (Å²) in [4.78, 5) is 24.5. The molecule has 1 saturated carbocycles. The molecule has 1 aromatic rings. The van der Waals surface area contributed by atoms with Gasteiger partial charge in [0.2, 0.25) is 5.91 Å². The first-order chi connectivity index (χ1) is 16.0. The Morgan fingerprint density at radius 3 is 2.76 bits per heavy atom. The van der Waals surface area contributed by atoms with Crippen molar-refractivity contribution in [3.8, 4) is 5.75 Å². The van der Waals surface area contributed by atoms with Gasteiger partial charge in [0.25, 0.3) is 0 Å². The van der Waals surface area contributed by atoms with E-state index in [0.29, 0.717) is 25.2 Å². The first-order valence-corrected chi connectivity index (χ1v) is 12.8. The van der Waals surface area contributed by atoms with Crippen LogP contribution >= 0.6 is 0 Å². The van der Waals surface area contributed by atoms with Gasteiger partial charge in [0.15, 0.2) is 0 Å². The van der Waals surface area contributed by atoms with Crippen molar-refractivity contribution >= 4 is 11.7 Å². The van der Waals surface area contributed by atoms with E-state index in [-0.39, 0.29) is 23.8 Å². The van der Waals surface area contributed by atoms with Crippen LogP contribution in [0.25, 0.3) is 0 Å². The molecule has 1 aliphatic carbocycles. The van der Waals surface area contributed by atoms with Crippen LogP contribution in [0.4, 0.5) is 0 Å². The largest absolute Gasteiger partial charge is 0.496 e. The molecule has 1 aromatic carbocycles. The van der Waals surface area contributed by atoms with Crippen LogP contribution in [0.1, 0.15) is 89.5 Å². The zero-order valence-electron chi connectivity index (χ0n) is 20.6. The maximum atomic E-state index is 12.3. The molecule has 3 atom stereocenters. The van der Waals surface area contributed by atoms with E-state index in [9.17, 15) is 14.7 Å². The van der Waals surface area contributed by atoms with Crippen molar-refractivity contribution in [1.82, 2.24) is 5.32 Å². The second-order valence-electron chi connectivity index (χ2n) is 9.26. The lowest BCUT2D eigenvalue weighted by atomic mass is 9.89. The Morgan fingerprint density at radius 1 is 1.18 bits per heavy atom. The van der Waals surface area contributed by atoms with E-state index in [1.54, 1.807) is 7.11 Å². The molecule has 0 saturated heterocycles. The van der Waals surface area contributed by atoms with Gasteiger partial charge in [-0.25, -0.2) is 0 Å². The number of aliphatic hydroxyl groups is 1. The minimum atomic E-state index is -0.387. The molecule has 1 aliphatic rings. The summed E-state index contributed by atoms with van der Waals surface area (Å²) in [5, 5.41) is 13.1. The van der Waals surface area contributed by atoms with Gasteiger partial charge in [-0.05, 0) is 37.7 Å². The monoisotopic (exact) mass is 457 g/mol. The van der Waals surface area contributed by atoms with Gasteiger partial charge in [0, 0.05) is 30.9 Å². The van der Waals surface area contributed by atoms with Gasteiger partial charge in [0.1, 0.15) is 11.5 Å². The fourth-order valence-electron chi connectivity index (χ4n) is 4.64. The molecule has 0 heterocycles. The third kappa shape index (κ3) is 10.1. The number of Topliss-reactive ketones (excluding diaryl/α,β-unsaturated/α-hetero) is 1. The zero-order chi connectivity index (χ0) is 23.9. The van der Waals surface area contributed by atoms with Gasteiger partial charge in [-0.15, -0.1) is 0 Å². The molecule has 2 N–H and O–H groups in total. The zero-order valence-corrected chi connectivity index (χ0v) is 20.6. The van der Waals surface area contributed by atoms with Crippen molar-refractivity contribution in [2.24, 2.45) is 11.8 Å². The molecular weight excluding hydrogens is 414 g/mol. The second-order valence-corrected chi connectivity index (χ2v) is 9.26. The quantitative estimate of drug-likeness (QED) is 0.245. The molecule has 33 heavy (non-hydrogen) atoms. The van der Waals surface area contributed by atoms with E-state index in [0.717, 1.165) is 75.5 Å². The molecule has 0 spiro atoms. The van der Waals surface area contributed by atoms with Gasteiger partial charge in [-0.2, -0.15) is 0 Å². The minimum absolute atomic E-state index is 0.0644. The number of amides is 1. The lowest BCUT2D eigenvalue weighted by molar-refractivity contribution is -0.122. The van der Waals surface area contributed by atoms with Crippen molar-refractivity contribution in [3.63, 3.8) is 0 Å². The van der Waals surface area contributed by atoms with Crippen LogP contribution in [0.3, 0.4) is 0 Å². The summed E-state index contributed by atoms with van der Waals surface area (Å²) in [6, 6.07) is 7.71. The number of allylic oxidation sites excluding steroid dienone is 1. The first kappa shape index (κ1) is 27.1. The fraction of sp³-hybridized carbons (Fsp3) is 0.643. The minimum Gasteiger partial charge on any atom is -0.496 e. The van der Waals surface area contributed by atoms with Crippen molar-refractivity contribution in [3.05, 3.63) is 42.0 Å². The highest BCUT2D eigenvalue weighted by Crippen LogP contribution is 2.34. The Morgan fingerprint density at radius 2 is 1.97 bits per heavy atom. The Balaban J connectivity index is 1.60. The maximum Gasteiger partial charge on any atom is 0.220 e. The Bertz CT molecular complexity index is 745. The summed E-state index contributed by atoms with van der Waals surface area (Å²) in [7, 11) is 1.64. The van der Waals surface area contributed by atoms with Crippen LogP contribution in [-0.4, -0.2) is 30.0 Å². The number of hydrogen-bond donors (Lipinski definition) is 2. The van der Waals surface area contributed by atoms with E-state index in [1.165, 1.54) is 0 Å². The number of nitrogens with one attached hydrogen (secondary N) is 1. The van der Waals surface area contributed by atoms with Gasteiger partial charge in [-0.1, -0.05) is 75.8 Å². The predicted octanol–water partition coefficient (Wildman–Crippen LogP) is 5.74. The Hall–Kier alpha value is -2.14. The molecule has 5 heteroatoms. The molecule has 0 unspecified atom stereocenters. The van der Waals surface area contributed by atoms with Gasteiger partial charge < -0.3 is 15.2 Å². The number of rotatable bonds is 16. The van der Waals surface area contributed by atoms with Crippen LogP contribution in [0.2, 0.25) is 0 Å². The molecule has 2 rings (SSSR count). The number of ether oxygens (including phenoxy) is 1. The van der Waals surface area contributed by atoms with Crippen molar-refractivity contribution in [2.45, 2.75) is 96.6 Å². The highest BCUT2D eigenvalue weighted by atomic mass is 16.5. The summed E-state index contributed by atoms with van der Waals surface area (Å²) < 4.78 is 5.31. The average Bonchev–Trinajstić information content (AvgIpc) is 3.18. The number of benzene rings is 1. The first-order valence-electron chi connectivity index (χ1n) is 12.8. The van der Waals surface area contributed by atoms with Gasteiger partial charge in [0.05, 0.1) is 13.2 Å².